The molecule has 1 aromatic carbocycles. The molecule has 10 heavy (non-hydrogen) atoms. The van der Waals surface area contributed by atoms with Gasteiger partial charge in [0.15, 0.2) is 11.4 Å². The van der Waals surface area contributed by atoms with E-state index in [4.69, 9.17) is 4.74 Å². The fourth-order valence-corrected chi connectivity index (χ4v) is 0.703. The minimum absolute atomic E-state index is 0. The number of para-hydroxylation sites is 1. The molecule has 0 saturated carbocycles. The number of halogens is 1. The first kappa shape index (κ1) is 9.27. The Morgan fingerprint density at radius 3 is 2.30 bits per heavy atom. The quantitative estimate of drug-likeness (QED) is 0.486. The number of benzene rings is 1. The van der Waals surface area contributed by atoms with Gasteiger partial charge in [0.1, 0.15) is 0 Å². The van der Waals surface area contributed by atoms with Crippen LogP contribution in [0.3, 0.4) is 0 Å². The lowest BCUT2D eigenvalue weighted by atomic mass is 10.3. The lowest BCUT2D eigenvalue weighted by molar-refractivity contribution is -0.256. The molecule has 0 saturated heterocycles. The average molecular weight is 160 g/mol. The third-order valence-electron chi connectivity index (χ3n) is 1.19. The van der Waals surface area contributed by atoms with Crippen LogP contribution >= 0.6 is 0 Å². The van der Waals surface area contributed by atoms with Gasteiger partial charge >= 0.3 is 0 Å². The first-order valence-electron chi connectivity index (χ1n) is 2.79. The lowest BCUT2D eigenvalue weighted by Crippen LogP contribution is -3.00. The van der Waals surface area contributed by atoms with E-state index in [1.807, 2.05) is 24.3 Å². The predicted molar refractivity (Wildman–Crippen MR) is 35.5 cm³/mol. The van der Waals surface area contributed by atoms with Crippen molar-refractivity contribution >= 4 is 5.69 Å². The van der Waals surface area contributed by atoms with Crippen molar-refractivity contribution in [1.82, 2.24) is 0 Å². The van der Waals surface area contributed by atoms with Gasteiger partial charge in [0.05, 0.1) is 7.11 Å². The molecule has 0 unspecified atom stereocenters. The number of hydrogen-bond donors (Lipinski definition) is 1. The van der Waals surface area contributed by atoms with Crippen molar-refractivity contribution < 1.29 is 22.9 Å². The van der Waals surface area contributed by atoms with Crippen molar-refractivity contribution in [2.24, 2.45) is 0 Å². The number of methoxy groups -OCH3 is 1. The maximum Gasteiger partial charge on any atom is 0.179 e. The summed E-state index contributed by atoms with van der Waals surface area (Å²) < 4.78 is 4.98. The molecule has 3 N–H and O–H groups in total. The molecule has 0 aliphatic rings. The van der Waals surface area contributed by atoms with Gasteiger partial charge in [0.2, 0.25) is 0 Å². The summed E-state index contributed by atoms with van der Waals surface area (Å²) in [4.78, 5) is 0. The van der Waals surface area contributed by atoms with E-state index in [0.717, 1.165) is 11.4 Å². The first-order chi connectivity index (χ1) is 4.34. The molecule has 3 heteroatoms. The number of rotatable bonds is 1. The summed E-state index contributed by atoms with van der Waals surface area (Å²) in [5.74, 6) is 0.845. The van der Waals surface area contributed by atoms with Crippen molar-refractivity contribution in [2.45, 2.75) is 0 Å². The molecule has 56 valence electrons. The molecule has 0 aliphatic heterocycles. The van der Waals surface area contributed by atoms with E-state index >= 15 is 0 Å². The Labute approximate surface area is 66.4 Å². The second-order valence-corrected chi connectivity index (χ2v) is 1.81. The van der Waals surface area contributed by atoms with Crippen molar-refractivity contribution in [3.63, 3.8) is 0 Å². The SMILES string of the molecule is COc1ccccc1[NH3+].[Cl-]. The van der Waals surface area contributed by atoms with Crippen molar-refractivity contribution in [3.05, 3.63) is 24.3 Å². The molecule has 2 nitrogen and oxygen atoms in total. The summed E-state index contributed by atoms with van der Waals surface area (Å²) in [5, 5.41) is 0. The molecule has 1 rings (SSSR count). The standard InChI is InChI=1S/C7H9NO.ClH/c1-9-7-5-3-2-4-6(7)8;/h2-5H,8H2,1H3;1H. The van der Waals surface area contributed by atoms with Crippen LogP contribution in [-0.2, 0) is 0 Å². The first-order valence-corrected chi connectivity index (χ1v) is 2.79. The van der Waals surface area contributed by atoms with Crippen LogP contribution < -0.4 is 22.9 Å². The van der Waals surface area contributed by atoms with Gasteiger partial charge in [-0.2, -0.15) is 0 Å². The highest BCUT2D eigenvalue weighted by Gasteiger charge is 1.96. The Bertz CT molecular complexity index is 203. The molecule has 0 amide bonds. The Morgan fingerprint density at radius 2 is 1.90 bits per heavy atom. The molecule has 0 atom stereocenters. The molecular formula is C7H10ClNO. The van der Waals surface area contributed by atoms with Gasteiger partial charge in [0.25, 0.3) is 0 Å². The second kappa shape index (κ2) is 4.14. The molecule has 0 fully saturated rings. The van der Waals surface area contributed by atoms with Crippen LogP contribution in [0.1, 0.15) is 0 Å². The average Bonchev–Trinajstić information content (AvgIpc) is 1.89. The van der Waals surface area contributed by atoms with Crippen LogP contribution in [0.2, 0.25) is 0 Å². The molecule has 0 radical (unpaired) electrons. The highest BCUT2D eigenvalue weighted by molar-refractivity contribution is 5.43. The van der Waals surface area contributed by atoms with E-state index in [-0.39, 0.29) is 12.4 Å². The summed E-state index contributed by atoms with van der Waals surface area (Å²) >= 11 is 0. The van der Waals surface area contributed by atoms with Gasteiger partial charge in [-0.25, -0.2) is 0 Å². The van der Waals surface area contributed by atoms with Gasteiger partial charge in [-0.3, -0.25) is 0 Å². The highest BCUT2D eigenvalue weighted by Crippen LogP contribution is 2.16. The third kappa shape index (κ3) is 1.90. The topological polar surface area (TPSA) is 36.9 Å². The minimum atomic E-state index is 0. The smallest absolute Gasteiger partial charge is 0.179 e. The van der Waals surface area contributed by atoms with Crippen LogP contribution in [0.15, 0.2) is 24.3 Å². The van der Waals surface area contributed by atoms with Gasteiger partial charge in [0, 0.05) is 6.07 Å². The highest BCUT2D eigenvalue weighted by atomic mass is 35.5. The molecule has 0 heterocycles. The summed E-state index contributed by atoms with van der Waals surface area (Å²) in [5.41, 5.74) is 4.70. The third-order valence-corrected chi connectivity index (χ3v) is 1.19. The normalized spacial score (nSPS) is 8.20. The van der Waals surface area contributed by atoms with Gasteiger partial charge < -0.3 is 22.9 Å². The number of ether oxygens (including phenoxy) is 1. The molecule has 0 aliphatic carbocycles. The number of hydrogen-bond acceptors (Lipinski definition) is 1. The molecule has 0 bridgehead atoms. The zero-order valence-electron chi connectivity index (χ0n) is 5.80. The zero-order chi connectivity index (χ0) is 6.69. The maximum atomic E-state index is 4.98. The fourth-order valence-electron chi connectivity index (χ4n) is 0.703. The van der Waals surface area contributed by atoms with Crippen molar-refractivity contribution in [1.29, 1.82) is 0 Å². The lowest BCUT2D eigenvalue weighted by Gasteiger charge is -1.97. The minimum Gasteiger partial charge on any atom is -1.00 e. The summed E-state index contributed by atoms with van der Waals surface area (Å²) in [7, 11) is 1.64. The van der Waals surface area contributed by atoms with Crippen LogP contribution in [0, 0.1) is 0 Å². The van der Waals surface area contributed by atoms with Gasteiger partial charge in [-0.15, -0.1) is 0 Å². The van der Waals surface area contributed by atoms with Crippen LogP contribution in [0.4, 0.5) is 5.69 Å². The second-order valence-electron chi connectivity index (χ2n) is 1.81. The maximum absolute atomic E-state index is 4.98. The van der Waals surface area contributed by atoms with E-state index in [1.165, 1.54) is 0 Å². The fraction of sp³-hybridized carbons (Fsp3) is 0.143. The summed E-state index contributed by atoms with van der Waals surface area (Å²) in [6.07, 6.45) is 0. The van der Waals surface area contributed by atoms with Gasteiger partial charge in [-0.05, 0) is 6.07 Å². The Morgan fingerprint density at radius 1 is 1.30 bits per heavy atom. The van der Waals surface area contributed by atoms with E-state index in [1.54, 1.807) is 7.11 Å². The largest absolute Gasteiger partial charge is 1.00 e. The molecule has 0 spiro atoms. The summed E-state index contributed by atoms with van der Waals surface area (Å²) in [6.45, 7) is 0. The van der Waals surface area contributed by atoms with E-state index in [2.05, 4.69) is 5.73 Å². The Kier molecular flexibility index (Phi) is 3.84. The van der Waals surface area contributed by atoms with Crippen LogP contribution in [0.5, 0.6) is 5.75 Å². The van der Waals surface area contributed by atoms with E-state index < -0.39 is 0 Å². The van der Waals surface area contributed by atoms with Crippen molar-refractivity contribution in [2.75, 3.05) is 7.11 Å². The molecule has 0 aromatic heterocycles. The van der Waals surface area contributed by atoms with Crippen LogP contribution in [0.25, 0.3) is 0 Å². The zero-order valence-corrected chi connectivity index (χ0v) is 6.56. The number of quaternary nitrogens is 1. The van der Waals surface area contributed by atoms with E-state index in [9.17, 15) is 0 Å². The van der Waals surface area contributed by atoms with Crippen molar-refractivity contribution in [3.8, 4) is 5.75 Å². The predicted octanol–water partition coefficient (Wildman–Crippen LogP) is -2.43. The Hall–Kier alpha value is -0.730. The monoisotopic (exact) mass is 159 g/mol. The Balaban J connectivity index is 0.000000810. The summed E-state index contributed by atoms with van der Waals surface area (Å²) in [6, 6.07) is 7.67. The van der Waals surface area contributed by atoms with Gasteiger partial charge in [-0.1, -0.05) is 12.1 Å². The van der Waals surface area contributed by atoms with E-state index in [0.29, 0.717) is 0 Å². The molecule has 1 aromatic rings. The molecular weight excluding hydrogens is 150 g/mol. The van der Waals surface area contributed by atoms with Crippen LogP contribution in [-0.4, -0.2) is 7.11 Å².